The number of H-pyrrole nitrogens is 1. The fraction of sp³-hybridized carbons (Fsp3) is 0.310. The average Bonchev–Trinajstić information content (AvgIpc) is 3.67. The minimum absolute atomic E-state index is 0.146. The monoisotopic (exact) mass is 639 g/mol. The lowest BCUT2D eigenvalue weighted by atomic mass is 10.1. The highest BCUT2D eigenvalue weighted by Crippen LogP contribution is 2.36. The summed E-state index contributed by atoms with van der Waals surface area (Å²) in [5.74, 6) is 0.230. The number of hydrogen-bond donors (Lipinski definition) is 4. The molecule has 1 aliphatic rings. The first-order chi connectivity index (χ1) is 21.4. The van der Waals surface area contributed by atoms with E-state index in [1.54, 1.807) is 30.3 Å². The van der Waals surface area contributed by atoms with E-state index >= 15 is 0 Å². The number of nitrogens with one attached hydrogen (secondary N) is 4. The van der Waals surface area contributed by atoms with Crippen LogP contribution in [-0.2, 0) is 14.3 Å². The Morgan fingerprint density at radius 1 is 1.14 bits per heavy atom. The van der Waals surface area contributed by atoms with Gasteiger partial charge in [-0.3, -0.25) is 10.1 Å². The van der Waals surface area contributed by atoms with Gasteiger partial charge in [0.1, 0.15) is 29.6 Å². The topological polar surface area (TPSA) is 161 Å². The van der Waals surface area contributed by atoms with Crippen LogP contribution in [0.3, 0.4) is 0 Å². The first-order valence-corrected chi connectivity index (χ1v) is 14.7. The van der Waals surface area contributed by atoms with Gasteiger partial charge >= 0.3 is 6.09 Å². The average molecular weight is 641 g/mol. The molecule has 2 bridgehead atoms. The Balaban J connectivity index is 1.35. The minimum atomic E-state index is -0.579. The number of nitrogens with zero attached hydrogens (tertiary/aromatic N) is 5. The van der Waals surface area contributed by atoms with Crippen LogP contribution in [0, 0.1) is 0 Å². The molecule has 13 nitrogen and oxygen atoms in total. The number of carbonyl (C=O) groups excluding carboxylic acids is 2. The number of amides is 2. The van der Waals surface area contributed by atoms with Crippen molar-refractivity contribution in [2.45, 2.75) is 31.7 Å². The molecule has 1 atom stereocenters. The number of benzene rings is 2. The van der Waals surface area contributed by atoms with Gasteiger partial charge in [0.15, 0.2) is 0 Å². The Kier molecular flexibility index (Phi) is 10.4. The molecule has 15 heteroatoms. The lowest BCUT2D eigenvalue weighted by molar-refractivity contribution is -0.117. The van der Waals surface area contributed by atoms with Crippen molar-refractivity contribution in [2.24, 2.45) is 0 Å². The van der Waals surface area contributed by atoms with Crippen LogP contribution >= 0.6 is 23.2 Å². The predicted molar refractivity (Wildman–Crippen MR) is 167 cm³/mol. The second-order valence-electron chi connectivity index (χ2n) is 9.93. The van der Waals surface area contributed by atoms with E-state index in [0.29, 0.717) is 58.2 Å². The fourth-order valence-corrected chi connectivity index (χ4v) is 5.16. The number of aromatic amines is 1. The van der Waals surface area contributed by atoms with Gasteiger partial charge in [0, 0.05) is 47.3 Å². The van der Waals surface area contributed by atoms with Crippen LogP contribution in [0.15, 0.2) is 48.8 Å². The summed E-state index contributed by atoms with van der Waals surface area (Å²) in [6.07, 6.45) is 7.33. The molecule has 0 aliphatic carbocycles. The van der Waals surface area contributed by atoms with E-state index in [1.807, 2.05) is 12.1 Å². The molecule has 5 rings (SSSR count). The Morgan fingerprint density at radius 2 is 2.02 bits per heavy atom. The molecule has 3 heterocycles. The third-order valence-electron chi connectivity index (χ3n) is 6.85. The summed E-state index contributed by atoms with van der Waals surface area (Å²) in [4.78, 5) is 33.2. The zero-order valence-electron chi connectivity index (χ0n) is 23.8. The first kappa shape index (κ1) is 31.0. The van der Waals surface area contributed by atoms with Crippen molar-refractivity contribution in [1.29, 1.82) is 0 Å². The summed E-state index contributed by atoms with van der Waals surface area (Å²) in [6.45, 7) is 1.15. The van der Waals surface area contributed by atoms with Crippen molar-refractivity contribution in [3.8, 4) is 16.9 Å². The van der Waals surface area contributed by atoms with Crippen LogP contribution in [-0.4, -0.2) is 69.0 Å². The van der Waals surface area contributed by atoms with Crippen LogP contribution in [0.1, 0.15) is 43.1 Å². The maximum absolute atomic E-state index is 13.1. The maximum Gasteiger partial charge on any atom is 0.411 e. The van der Waals surface area contributed by atoms with E-state index in [0.717, 1.165) is 30.5 Å². The van der Waals surface area contributed by atoms with Gasteiger partial charge < -0.3 is 25.1 Å². The molecule has 2 aromatic carbocycles. The van der Waals surface area contributed by atoms with Crippen molar-refractivity contribution in [3.63, 3.8) is 0 Å². The van der Waals surface area contributed by atoms with Crippen molar-refractivity contribution in [1.82, 2.24) is 35.5 Å². The molecule has 0 spiro atoms. The number of anilines is 2. The largest absolute Gasteiger partial charge is 0.447 e. The minimum Gasteiger partial charge on any atom is -0.447 e. The second kappa shape index (κ2) is 14.8. The highest BCUT2D eigenvalue weighted by atomic mass is 35.5. The number of rotatable bonds is 8. The SMILES string of the molecule is COCCOC(=O)Nc1ccc2c(c1)NCCCCCC(NC(=O)C=Cc1cc(Cl)ccc1-n1cnnn1)c1nc-2c(Cl)[nH]1. The first-order valence-electron chi connectivity index (χ1n) is 14.0. The lowest BCUT2D eigenvalue weighted by Crippen LogP contribution is -2.28. The number of halogens is 2. The normalized spacial score (nSPS) is 15.0. The van der Waals surface area contributed by atoms with Gasteiger partial charge in [-0.1, -0.05) is 36.0 Å². The van der Waals surface area contributed by atoms with E-state index in [4.69, 9.17) is 37.7 Å². The van der Waals surface area contributed by atoms with E-state index in [-0.39, 0.29) is 12.5 Å². The molecule has 1 unspecified atom stereocenters. The van der Waals surface area contributed by atoms with Gasteiger partial charge in [0.05, 0.1) is 18.3 Å². The third-order valence-corrected chi connectivity index (χ3v) is 7.36. The molecule has 4 N–H and O–H groups in total. The fourth-order valence-electron chi connectivity index (χ4n) is 4.73. The summed E-state index contributed by atoms with van der Waals surface area (Å²) in [5.41, 5.74) is 3.92. The molecule has 2 aromatic heterocycles. The van der Waals surface area contributed by atoms with Crippen molar-refractivity contribution >= 4 is 52.7 Å². The van der Waals surface area contributed by atoms with Gasteiger partial charge in [0.2, 0.25) is 5.91 Å². The van der Waals surface area contributed by atoms with Crippen LogP contribution in [0.5, 0.6) is 0 Å². The molecule has 44 heavy (non-hydrogen) atoms. The Hall–Kier alpha value is -4.46. The molecule has 4 aromatic rings. The number of aromatic nitrogens is 6. The van der Waals surface area contributed by atoms with Crippen molar-refractivity contribution < 1.29 is 19.1 Å². The van der Waals surface area contributed by atoms with E-state index in [9.17, 15) is 9.59 Å². The molecule has 2 amide bonds. The Bertz CT molecular complexity index is 1620. The summed E-state index contributed by atoms with van der Waals surface area (Å²) < 4.78 is 11.5. The Morgan fingerprint density at radius 3 is 2.84 bits per heavy atom. The molecule has 1 aliphatic heterocycles. The summed E-state index contributed by atoms with van der Waals surface area (Å²) >= 11 is 12.9. The number of imidazole rings is 1. The van der Waals surface area contributed by atoms with Gasteiger partial charge in [-0.25, -0.2) is 9.78 Å². The van der Waals surface area contributed by atoms with Gasteiger partial charge in [-0.2, -0.15) is 4.68 Å². The summed E-state index contributed by atoms with van der Waals surface area (Å²) in [6, 6.07) is 10.2. The number of carbonyl (C=O) groups is 2. The quantitative estimate of drug-likeness (QED) is 0.146. The van der Waals surface area contributed by atoms with Crippen LogP contribution in [0.2, 0.25) is 10.2 Å². The predicted octanol–water partition coefficient (Wildman–Crippen LogP) is 5.41. The van der Waals surface area contributed by atoms with E-state index in [1.165, 1.54) is 24.2 Å². The molecule has 230 valence electrons. The second-order valence-corrected chi connectivity index (χ2v) is 10.7. The van der Waals surface area contributed by atoms with Crippen LogP contribution in [0.4, 0.5) is 16.2 Å². The van der Waals surface area contributed by atoms with Gasteiger partial charge in [0.25, 0.3) is 0 Å². The van der Waals surface area contributed by atoms with Crippen molar-refractivity contribution in [3.05, 3.63) is 70.4 Å². The van der Waals surface area contributed by atoms with Gasteiger partial charge in [-0.15, -0.1) is 5.10 Å². The number of tetrazole rings is 1. The summed E-state index contributed by atoms with van der Waals surface area (Å²) in [7, 11) is 1.54. The summed E-state index contributed by atoms with van der Waals surface area (Å²) in [5, 5.41) is 21.4. The van der Waals surface area contributed by atoms with E-state index < -0.39 is 12.1 Å². The number of ether oxygens (including phenoxy) is 2. The Labute approximate surface area is 263 Å². The van der Waals surface area contributed by atoms with Crippen LogP contribution in [0.25, 0.3) is 23.0 Å². The zero-order valence-corrected chi connectivity index (χ0v) is 25.4. The molecular formula is C29H31Cl2N9O4. The van der Waals surface area contributed by atoms with Gasteiger partial charge in [-0.05, 0) is 65.7 Å². The standard InChI is InChI=1S/C29H31Cl2N9O4/c1-43-13-14-44-29(42)34-20-8-9-21-23(16-20)32-12-4-2-3-5-22(28-36-26(21)27(31)37-28)35-25(41)11-6-18-15-19(30)7-10-24(18)40-17-33-38-39-40/h6-11,15-17,22,32H,2-5,12-14H2,1H3,(H,34,42)(H,35,41)(H,36,37). The third kappa shape index (κ3) is 7.92. The molecular weight excluding hydrogens is 609 g/mol. The number of hydrogen-bond acceptors (Lipinski definition) is 9. The smallest absolute Gasteiger partial charge is 0.411 e. The molecule has 0 saturated carbocycles. The number of fused-ring (bicyclic) bond motifs is 4. The highest BCUT2D eigenvalue weighted by Gasteiger charge is 2.22. The molecule has 0 saturated heterocycles. The number of methoxy groups -OCH3 is 1. The van der Waals surface area contributed by atoms with Crippen LogP contribution < -0.4 is 16.0 Å². The zero-order chi connectivity index (χ0) is 30.9. The maximum atomic E-state index is 13.1. The molecule has 0 radical (unpaired) electrons. The highest BCUT2D eigenvalue weighted by molar-refractivity contribution is 6.32. The van der Waals surface area contributed by atoms with Crippen molar-refractivity contribution in [2.75, 3.05) is 37.5 Å². The molecule has 0 fully saturated rings. The van der Waals surface area contributed by atoms with E-state index in [2.05, 4.69) is 36.5 Å². The lowest BCUT2D eigenvalue weighted by Gasteiger charge is -2.17.